The first-order valence-electron chi connectivity index (χ1n) is 5.27. The molecule has 1 heterocycles. The van der Waals surface area contributed by atoms with Crippen LogP contribution in [-0.2, 0) is 0 Å². The molecular formula is C12H15N. The van der Waals surface area contributed by atoms with E-state index in [2.05, 4.69) is 29.6 Å². The summed E-state index contributed by atoms with van der Waals surface area (Å²) in [6.45, 7) is 1.19. The Kier molecular flexibility index (Phi) is 1.66. The van der Waals surface area contributed by atoms with Crippen LogP contribution in [0.25, 0.3) is 0 Å². The fourth-order valence-corrected chi connectivity index (χ4v) is 2.02. The molecule has 0 radical (unpaired) electrons. The minimum atomic E-state index is 0.652. The lowest BCUT2D eigenvalue weighted by atomic mass is 9.95. The summed E-state index contributed by atoms with van der Waals surface area (Å²) in [5, 5.41) is 3.45. The van der Waals surface area contributed by atoms with Crippen LogP contribution in [0.3, 0.4) is 0 Å². The van der Waals surface area contributed by atoms with Crippen molar-refractivity contribution in [3.8, 4) is 0 Å². The Morgan fingerprint density at radius 1 is 1.08 bits per heavy atom. The molecule has 1 aromatic carbocycles. The maximum atomic E-state index is 3.45. The van der Waals surface area contributed by atoms with Crippen molar-refractivity contribution < 1.29 is 0 Å². The topological polar surface area (TPSA) is 12.0 Å². The van der Waals surface area contributed by atoms with Gasteiger partial charge in [-0.3, -0.25) is 0 Å². The van der Waals surface area contributed by atoms with E-state index in [0.717, 1.165) is 5.92 Å². The molecule has 1 saturated carbocycles. The van der Waals surface area contributed by atoms with Crippen molar-refractivity contribution >= 4 is 0 Å². The van der Waals surface area contributed by atoms with Crippen LogP contribution in [0.4, 0.5) is 0 Å². The monoisotopic (exact) mass is 173 g/mol. The molecular weight excluding hydrogens is 158 g/mol. The van der Waals surface area contributed by atoms with Gasteiger partial charge >= 0.3 is 0 Å². The molecule has 1 N–H and O–H groups in total. The molecule has 1 aromatic rings. The van der Waals surface area contributed by atoms with Crippen molar-refractivity contribution in [2.24, 2.45) is 0 Å². The quantitative estimate of drug-likeness (QED) is 0.725. The predicted octanol–water partition coefficient (Wildman–Crippen LogP) is 2.60. The van der Waals surface area contributed by atoms with Crippen LogP contribution in [0.5, 0.6) is 0 Å². The normalized spacial score (nSPS) is 26.9. The van der Waals surface area contributed by atoms with Crippen molar-refractivity contribution in [3.63, 3.8) is 0 Å². The summed E-state index contributed by atoms with van der Waals surface area (Å²) in [4.78, 5) is 0. The molecule has 3 rings (SSSR count). The molecule has 1 nitrogen and oxygen atoms in total. The number of hydrogen-bond acceptors (Lipinski definition) is 1. The van der Waals surface area contributed by atoms with E-state index in [1.54, 1.807) is 5.56 Å². The van der Waals surface area contributed by atoms with Gasteiger partial charge in [-0.15, -0.1) is 0 Å². The van der Waals surface area contributed by atoms with Crippen LogP contribution in [0.15, 0.2) is 24.3 Å². The second-order valence-electron chi connectivity index (χ2n) is 4.24. The zero-order valence-corrected chi connectivity index (χ0v) is 7.79. The molecule has 2 aliphatic rings. The SMILES string of the molecule is c1cc(C2CC2)cc(C2CCN2)c1. The smallest absolute Gasteiger partial charge is 0.0332 e. The Morgan fingerprint density at radius 3 is 2.46 bits per heavy atom. The predicted molar refractivity (Wildman–Crippen MR) is 53.8 cm³/mol. The highest BCUT2D eigenvalue weighted by Gasteiger charge is 2.25. The summed E-state index contributed by atoms with van der Waals surface area (Å²) >= 11 is 0. The van der Waals surface area contributed by atoms with E-state index in [4.69, 9.17) is 0 Å². The third-order valence-electron chi connectivity index (χ3n) is 3.19. The number of hydrogen-bond donors (Lipinski definition) is 1. The maximum absolute atomic E-state index is 3.45. The Labute approximate surface area is 79.2 Å². The molecule has 13 heavy (non-hydrogen) atoms. The Hall–Kier alpha value is -0.820. The second-order valence-corrected chi connectivity index (χ2v) is 4.24. The lowest BCUT2D eigenvalue weighted by Gasteiger charge is -2.28. The molecule has 2 fully saturated rings. The van der Waals surface area contributed by atoms with Crippen LogP contribution in [0, 0.1) is 0 Å². The molecule has 1 aliphatic heterocycles. The van der Waals surface area contributed by atoms with Gasteiger partial charge in [0.25, 0.3) is 0 Å². The molecule has 0 bridgehead atoms. The third kappa shape index (κ3) is 1.37. The van der Waals surface area contributed by atoms with E-state index >= 15 is 0 Å². The van der Waals surface area contributed by atoms with Crippen molar-refractivity contribution in [1.82, 2.24) is 5.32 Å². The summed E-state index contributed by atoms with van der Waals surface area (Å²) in [5.74, 6) is 0.889. The summed E-state index contributed by atoms with van der Waals surface area (Å²) in [5.41, 5.74) is 3.06. The van der Waals surface area contributed by atoms with Gasteiger partial charge in [-0.1, -0.05) is 24.3 Å². The molecule has 0 aromatic heterocycles. The molecule has 68 valence electrons. The number of nitrogens with one attached hydrogen (secondary N) is 1. The lowest BCUT2D eigenvalue weighted by molar-refractivity contribution is 0.383. The maximum Gasteiger partial charge on any atom is 0.0332 e. The molecule has 0 amide bonds. The van der Waals surface area contributed by atoms with Gasteiger partial charge in [-0.2, -0.15) is 0 Å². The fourth-order valence-electron chi connectivity index (χ4n) is 2.02. The van der Waals surface area contributed by atoms with E-state index < -0.39 is 0 Å². The zero-order chi connectivity index (χ0) is 8.67. The van der Waals surface area contributed by atoms with Crippen LogP contribution in [-0.4, -0.2) is 6.54 Å². The molecule has 1 saturated heterocycles. The van der Waals surface area contributed by atoms with Crippen LogP contribution in [0.1, 0.15) is 42.3 Å². The van der Waals surface area contributed by atoms with E-state index in [1.807, 2.05) is 0 Å². The average molecular weight is 173 g/mol. The van der Waals surface area contributed by atoms with Gasteiger partial charge in [-0.05, 0) is 42.9 Å². The first-order chi connectivity index (χ1) is 6.43. The van der Waals surface area contributed by atoms with E-state index in [1.165, 1.54) is 31.4 Å². The first kappa shape index (κ1) is 7.57. The number of rotatable bonds is 2. The van der Waals surface area contributed by atoms with E-state index in [-0.39, 0.29) is 0 Å². The van der Waals surface area contributed by atoms with Gasteiger partial charge < -0.3 is 5.32 Å². The van der Waals surface area contributed by atoms with Crippen molar-refractivity contribution in [2.75, 3.05) is 6.54 Å². The van der Waals surface area contributed by atoms with Gasteiger partial charge in [-0.25, -0.2) is 0 Å². The fraction of sp³-hybridized carbons (Fsp3) is 0.500. The third-order valence-corrected chi connectivity index (χ3v) is 3.19. The van der Waals surface area contributed by atoms with Gasteiger partial charge in [0.2, 0.25) is 0 Å². The molecule has 1 atom stereocenters. The van der Waals surface area contributed by atoms with E-state index in [9.17, 15) is 0 Å². The van der Waals surface area contributed by atoms with Crippen LogP contribution in [0.2, 0.25) is 0 Å². The van der Waals surface area contributed by atoms with Crippen molar-refractivity contribution in [3.05, 3.63) is 35.4 Å². The lowest BCUT2D eigenvalue weighted by Crippen LogP contribution is -2.34. The summed E-state index contributed by atoms with van der Waals surface area (Å²) in [7, 11) is 0. The van der Waals surface area contributed by atoms with Crippen LogP contribution < -0.4 is 5.32 Å². The standard InChI is InChI=1S/C12H15N/c1-2-10(9-4-5-9)8-11(3-1)12-6-7-13-12/h1-3,8-9,12-13H,4-7H2. The Morgan fingerprint density at radius 2 is 1.85 bits per heavy atom. The highest BCUT2D eigenvalue weighted by atomic mass is 15.0. The van der Waals surface area contributed by atoms with Gasteiger partial charge in [0.05, 0.1) is 0 Å². The molecule has 1 unspecified atom stereocenters. The van der Waals surface area contributed by atoms with Gasteiger partial charge in [0, 0.05) is 6.04 Å². The minimum Gasteiger partial charge on any atom is -0.310 e. The summed E-state index contributed by atoms with van der Waals surface area (Å²) in [6, 6.07) is 9.79. The second kappa shape index (κ2) is 2.85. The molecule has 1 aliphatic carbocycles. The first-order valence-corrected chi connectivity index (χ1v) is 5.27. The Balaban J connectivity index is 1.87. The van der Waals surface area contributed by atoms with Crippen LogP contribution >= 0.6 is 0 Å². The number of benzene rings is 1. The largest absolute Gasteiger partial charge is 0.310 e. The summed E-state index contributed by atoms with van der Waals surface area (Å²) in [6.07, 6.45) is 4.12. The van der Waals surface area contributed by atoms with Gasteiger partial charge in [0.15, 0.2) is 0 Å². The minimum absolute atomic E-state index is 0.652. The highest BCUT2D eigenvalue weighted by Crippen LogP contribution is 2.40. The molecule has 0 spiro atoms. The van der Waals surface area contributed by atoms with E-state index in [0.29, 0.717) is 6.04 Å². The highest BCUT2D eigenvalue weighted by molar-refractivity contribution is 5.31. The van der Waals surface area contributed by atoms with Crippen molar-refractivity contribution in [2.45, 2.75) is 31.2 Å². The van der Waals surface area contributed by atoms with Gasteiger partial charge in [0.1, 0.15) is 0 Å². The average Bonchev–Trinajstić information content (AvgIpc) is 2.83. The Bertz CT molecular complexity index is 311. The zero-order valence-electron chi connectivity index (χ0n) is 7.79. The summed E-state index contributed by atoms with van der Waals surface area (Å²) < 4.78 is 0. The molecule has 1 heteroatoms. The van der Waals surface area contributed by atoms with Crippen molar-refractivity contribution in [1.29, 1.82) is 0 Å².